The van der Waals surface area contributed by atoms with Gasteiger partial charge in [0.1, 0.15) is 0 Å². The van der Waals surface area contributed by atoms with Gasteiger partial charge in [0.2, 0.25) is 0 Å². The van der Waals surface area contributed by atoms with E-state index < -0.39 is 22.9 Å². The Balaban J connectivity index is 2.23. The van der Waals surface area contributed by atoms with E-state index in [9.17, 15) is 9.00 Å². The van der Waals surface area contributed by atoms with Crippen molar-refractivity contribution in [2.24, 2.45) is 0 Å². The lowest BCUT2D eigenvalue weighted by Crippen LogP contribution is -2.24. The molecule has 1 heterocycles. The van der Waals surface area contributed by atoms with E-state index in [0.717, 1.165) is 0 Å². The smallest absolute Gasteiger partial charge is 0.332 e. The zero-order chi connectivity index (χ0) is 11.3. The van der Waals surface area contributed by atoms with Gasteiger partial charge in [-0.15, -0.1) is 0 Å². The van der Waals surface area contributed by atoms with Crippen LogP contribution >= 0.6 is 0 Å². The Hall–Kier alpha value is -0.460. The quantitative estimate of drug-likeness (QED) is 0.703. The van der Waals surface area contributed by atoms with Crippen LogP contribution in [0.3, 0.4) is 0 Å². The summed E-state index contributed by atoms with van der Waals surface area (Å²) in [6, 6.07) is 0. The van der Waals surface area contributed by atoms with Crippen molar-refractivity contribution >= 4 is 16.8 Å². The summed E-state index contributed by atoms with van der Waals surface area (Å²) >= 11 is 0. The maximum Gasteiger partial charge on any atom is 0.332 e. The molecule has 1 saturated heterocycles. The maximum atomic E-state index is 11.4. The summed E-state index contributed by atoms with van der Waals surface area (Å²) in [5.41, 5.74) is 0. The molecule has 88 valence electrons. The second-order valence-electron chi connectivity index (χ2n) is 3.47. The van der Waals surface area contributed by atoms with E-state index in [-0.39, 0.29) is 6.10 Å². The van der Waals surface area contributed by atoms with Gasteiger partial charge in [0.05, 0.1) is 12.7 Å². The molecular weight excluding hydrogens is 220 g/mol. The molecule has 1 N–H and O–H groups in total. The lowest BCUT2D eigenvalue weighted by molar-refractivity contribution is -0.148. The van der Waals surface area contributed by atoms with Gasteiger partial charge in [0.15, 0.2) is 6.10 Å². The Morgan fingerprint density at radius 3 is 2.87 bits per heavy atom. The molecule has 5 nitrogen and oxygen atoms in total. The number of carboxylic acids is 1. The molecule has 3 unspecified atom stereocenters. The molecule has 0 saturated carbocycles. The SMILES string of the molecule is COCCS(=O)CC1CCC(C(=O)O)O1. The summed E-state index contributed by atoms with van der Waals surface area (Å²) in [4.78, 5) is 10.6. The largest absolute Gasteiger partial charge is 0.479 e. The van der Waals surface area contributed by atoms with Gasteiger partial charge in [0, 0.05) is 29.4 Å². The lowest BCUT2D eigenvalue weighted by atomic mass is 10.2. The molecule has 0 aromatic heterocycles. The van der Waals surface area contributed by atoms with E-state index >= 15 is 0 Å². The molecule has 1 aliphatic rings. The van der Waals surface area contributed by atoms with Gasteiger partial charge in [-0.05, 0) is 12.8 Å². The molecule has 0 radical (unpaired) electrons. The van der Waals surface area contributed by atoms with Crippen LogP contribution < -0.4 is 0 Å². The Labute approximate surface area is 91.2 Å². The highest BCUT2D eigenvalue weighted by atomic mass is 32.2. The number of hydrogen-bond acceptors (Lipinski definition) is 4. The van der Waals surface area contributed by atoms with Crippen molar-refractivity contribution in [3.8, 4) is 0 Å². The zero-order valence-electron chi connectivity index (χ0n) is 8.68. The van der Waals surface area contributed by atoms with Crippen LogP contribution in [0.4, 0.5) is 0 Å². The van der Waals surface area contributed by atoms with Gasteiger partial charge in [-0.25, -0.2) is 4.79 Å². The Morgan fingerprint density at radius 2 is 2.33 bits per heavy atom. The van der Waals surface area contributed by atoms with Crippen molar-refractivity contribution in [1.82, 2.24) is 0 Å². The third-order valence-electron chi connectivity index (χ3n) is 2.27. The van der Waals surface area contributed by atoms with E-state index in [4.69, 9.17) is 14.6 Å². The molecule has 3 atom stereocenters. The predicted molar refractivity (Wildman–Crippen MR) is 55.3 cm³/mol. The number of aliphatic carboxylic acids is 1. The minimum atomic E-state index is -0.981. The monoisotopic (exact) mass is 236 g/mol. The third-order valence-corrected chi connectivity index (χ3v) is 3.64. The summed E-state index contributed by atoms with van der Waals surface area (Å²) in [5.74, 6) is -0.0403. The van der Waals surface area contributed by atoms with E-state index in [1.54, 1.807) is 7.11 Å². The van der Waals surface area contributed by atoms with E-state index in [2.05, 4.69) is 0 Å². The lowest BCUT2D eigenvalue weighted by Gasteiger charge is -2.10. The van der Waals surface area contributed by atoms with Crippen LogP contribution in [0.5, 0.6) is 0 Å². The summed E-state index contributed by atoms with van der Waals surface area (Å²) in [6.45, 7) is 0.460. The molecule has 0 spiro atoms. The highest BCUT2D eigenvalue weighted by molar-refractivity contribution is 7.85. The normalized spacial score (nSPS) is 27.8. The van der Waals surface area contributed by atoms with Crippen LogP contribution in [-0.2, 0) is 25.1 Å². The first-order valence-corrected chi connectivity index (χ1v) is 6.34. The first kappa shape index (κ1) is 12.6. The highest BCUT2D eigenvalue weighted by Crippen LogP contribution is 2.20. The number of ether oxygens (including phenoxy) is 2. The average Bonchev–Trinajstić information content (AvgIpc) is 2.63. The summed E-state index contributed by atoms with van der Waals surface area (Å²) in [6.07, 6.45) is 0.301. The molecule has 6 heteroatoms. The van der Waals surface area contributed by atoms with Crippen molar-refractivity contribution in [2.45, 2.75) is 25.0 Å². The first-order chi connectivity index (χ1) is 7.13. The van der Waals surface area contributed by atoms with E-state index in [1.165, 1.54) is 0 Å². The van der Waals surface area contributed by atoms with Gasteiger partial charge >= 0.3 is 5.97 Å². The third kappa shape index (κ3) is 4.27. The number of carbonyl (C=O) groups is 1. The number of methoxy groups -OCH3 is 1. The van der Waals surface area contributed by atoms with Crippen LogP contribution in [-0.4, -0.2) is 52.7 Å². The fourth-order valence-electron chi connectivity index (χ4n) is 1.48. The van der Waals surface area contributed by atoms with Crippen LogP contribution in [0.15, 0.2) is 0 Å². The molecule has 1 rings (SSSR count). The molecule has 0 aromatic rings. The predicted octanol–water partition coefficient (Wildman–Crippen LogP) is 0.0137. The molecular formula is C9H16O5S. The highest BCUT2D eigenvalue weighted by Gasteiger charge is 2.31. The Morgan fingerprint density at radius 1 is 1.60 bits per heavy atom. The van der Waals surface area contributed by atoms with Crippen molar-refractivity contribution in [1.29, 1.82) is 0 Å². The second-order valence-corrected chi connectivity index (χ2v) is 5.09. The van der Waals surface area contributed by atoms with Gasteiger partial charge in [-0.1, -0.05) is 0 Å². The standard InChI is InChI=1S/C9H16O5S/c1-13-4-5-15(12)6-7-2-3-8(14-7)9(10)11/h7-8H,2-6H2,1H3,(H,10,11). The topological polar surface area (TPSA) is 72.8 Å². The van der Waals surface area contributed by atoms with Gasteiger partial charge in [-0.3, -0.25) is 4.21 Å². The van der Waals surface area contributed by atoms with Gasteiger partial charge < -0.3 is 14.6 Å². The van der Waals surface area contributed by atoms with Crippen molar-refractivity contribution in [3.05, 3.63) is 0 Å². The van der Waals surface area contributed by atoms with E-state index in [1.807, 2.05) is 0 Å². The van der Waals surface area contributed by atoms with Gasteiger partial charge in [-0.2, -0.15) is 0 Å². The van der Waals surface area contributed by atoms with Crippen molar-refractivity contribution < 1.29 is 23.6 Å². The molecule has 0 amide bonds. The molecule has 0 aliphatic carbocycles. The number of hydrogen-bond donors (Lipinski definition) is 1. The Bertz CT molecular complexity index is 243. The van der Waals surface area contributed by atoms with E-state index in [0.29, 0.717) is 31.0 Å². The number of carboxylic acid groups (broad SMARTS) is 1. The molecule has 1 fully saturated rings. The number of rotatable bonds is 6. The maximum absolute atomic E-state index is 11.4. The van der Waals surface area contributed by atoms with Crippen LogP contribution in [0.2, 0.25) is 0 Å². The van der Waals surface area contributed by atoms with Crippen LogP contribution in [0, 0.1) is 0 Å². The molecule has 0 bridgehead atoms. The first-order valence-electron chi connectivity index (χ1n) is 4.85. The molecule has 15 heavy (non-hydrogen) atoms. The molecule has 1 aliphatic heterocycles. The minimum Gasteiger partial charge on any atom is -0.479 e. The summed E-state index contributed by atoms with van der Waals surface area (Å²) in [5, 5.41) is 8.69. The Kier molecular flexibility index (Phi) is 5.21. The van der Waals surface area contributed by atoms with Crippen molar-refractivity contribution in [2.75, 3.05) is 25.2 Å². The van der Waals surface area contributed by atoms with Crippen molar-refractivity contribution in [3.63, 3.8) is 0 Å². The average molecular weight is 236 g/mol. The summed E-state index contributed by atoms with van der Waals surface area (Å²) < 4.78 is 21.5. The minimum absolute atomic E-state index is 0.177. The fourth-order valence-corrected chi connectivity index (χ4v) is 2.66. The molecule has 0 aromatic carbocycles. The summed E-state index contributed by atoms with van der Waals surface area (Å²) in [7, 11) is 0.578. The van der Waals surface area contributed by atoms with Crippen LogP contribution in [0.25, 0.3) is 0 Å². The second kappa shape index (κ2) is 6.19. The van der Waals surface area contributed by atoms with Gasteiger partial charge in [0.25, 0.3) is 0 Å². The zero-order valence-corrected chi connectivity index (χ0v) is 9.50. The fraction of sp³-hybridized carbons (Fsp3) is 0.889. The van der Waals surface area contributed by atoms with Crippen LogP contribution in [0.1, 0.15) is 12.8 Å².